The van der Waals surface area contributed by atoms with Crippen molar-refractivity contribution in [3.05, 3.63) is 78.1 Å². The van der Waals surface area contributed by atoms with Crippen LogP contribution in [-0.4, -0.2) is 20.9 Å². The Morgan fingerprint density at radius 1 is 1.00 bits per heavy atom. The first kappa shape index (κ1) is 20.0. The van der Waals surface area contributed by atoms with Gasteiger partial charge >= 0.3 is 0 Å². The van der Waals surface area contributed by atoms with Crippen LogP contribution in [0.15, 0.2) is 71.6 Å². The molecule has 0 bridgehead atoms. The summed E-state index contributed by atoms with van der Waals surface area (Å²) in [5, 5.41) is 4.55. The zero-order valence-corrected chi connectivity index (χ0v) is 16.2. The van der Waals surface area contributed by atoms with Crippen molar-refractivity contribution in [3.63, 3.8) is 0 Å². The minimum atomic E-state index is -3.70. The summed E-state index contributed by atoms with van der Waals surface area (Å²) in [5.41, 5.74) is 0.770. The van der Waals surface area contributed by atoms with Gasteiger partial charge in [0.2, 0.25) is 15.9 Å². The molecule has 2 N–H and O–H groups in total. The van der Waals surface area contributed by atoms with E-state index in [4.69, 9.17) is 0 Å². The molecule has 0 fully saturated rings. The van der Waals surface area contributed by atoms with Crippen molar-refractivity contribution in [2.24, 2.45) is 0 Å². The van der Waals surface area contributed by atoms with E-state index in [-0.39, 0.29) is 35.6 Å². The number of halogens is 1. The number of carbonyl (C=O) groups excluding carboxylic acids is 1. The van der Waals surface area contributed by atoms with Crippen LogP contribution in [0.3, 0.4) is 0 Å². The van der Waals surface area contributed by atoms with E-state index < -0.39 is 10.0 Å². The highest BCUT2D eigenvalue weighted by atomic mass is 32.2. The molecule has 3 aromatic carbocycles. The summed E-state index contributed by atoms with van der Waals surface area (Å²) in [5.74, 6) is -0.636. The Kier molecular flexibility index (Phi) is 6.06. The second-order valence-electron chi connectivity index (χ2n) is 6.50. The summed E-state index contributed by atoms with van der Waals surface area (Å²) in [7, 11) is -3.70. The zero-order valence-electron chi connectivity index (χ0n) is 15.4. The number of carbonyl (C=O) groups is 1. The van der Waals surface area contributed by atoms with Gasteiger partial charge in [-0.3, -0.25) is 4.79 Å². The van der Waals surface area contributed by atoms with Crippen molar-refractivity contribution < 1.29 is 17.6 Å². The molecule has 0 heterocycles. The average molecular weight is 400 g/mol. The Morgan fingerprint density at radius 2 is 1.68 bits per heavy atom. The van der Waals surface area contributed by atoms with Crippen molar-refractivity contribution >= 4 is 26.7 Å². The molecule has 3 aromatic rings. The number of rotatable bonds is 7. The molecule has 0 radical (unpaired) electrons. The van der Waals surface area contributed by atoms with Crippen LogP contribution < -0.4 is 10.0 Å². The number of hydrogen-bond acceptors (Lipinski definition) is 3. The molecule has 1 amide bonds. The van der Waals surface area contributed by atoms with E-state index >= 15 is 0 Å². The highest BCUT2D eigenvalue weighted by Gasteiger charge is 2.15. The maximum Gasteiger partial charge on any atom is 0.240 e. The number of hydrogen-bond donors (Lipinski definition) is 2. The summed E-state index contributed by atoms with van der Waals surface area (Å²) in [6, 6.07) is 17.9. The Morgan fingerprint density at radius 3 is 2.39 bits per heavy atom. The lowest BCUT2D eigenvalue weighted by atomic mass is 10.1. The summed E-state index contributed by atoms with van der Waals surface area (Å²) in [6.07, 6.45) is -0.00164. The van der Waals surface area contributed by atoms with Crippen LogP contribution in [0.4, 0.5) is 4.39 Å². The molecule has 0 aliphatic heterocycles. The lowest BCUT2D eigenvalue weighted by Gasteiger charge is -2.14. The van der Waals surface area contributed by atoms with Gasteiger partial charge in [0.05, 0.1) is 10.9 Å². The third kappa shape index (κ3) is 4.94. The van der Waals surface area contributed by atoms with Gasteiger partial charge in [0.1, 0.15) is 5.82 Å². The van der Waals surface area contributed by atoms with E-state index in [2.05, 4.69) is 10.0 Å². The van der Waals surface area contributed by atoms with Crippen LogP contribution in [0.25, 0.3) is 10.8 Å². The molecule has 0 unspecified atom stereocenters. The molecule has 146 valence electrons. The summed E-state index contributed by atoms with van der Waals surface area (Å²) < 4.78 is 40.3. The standard InChI is InChI=1S/C21H21FN2O3S/c1-15(16-6-9-19(22)10-7-16)24-21(25)12-13-23-28(26,27)20-11-8-17-4-2-3-5-18(17)14-20/h2-11,14-15,23H,12-13H2,1H3,(H,24,25)/t15-/m1/s1. The van der Waals surface area contributed by atoms with Crippen molar-refractivity contribution in [1.82, 2.24) is 10.0 Å². The molecule has 0 spiro atoms. The van der Waals surface area contributed by atoms with Crippen LogP contribution in [0.5, 0.6) is 0 Å². The first-order chi connectivity index (χ1) is 13.3. The van der Waals surface area contributed by atoms with Gasteiger partial charge in [0.25, 0.3) is 0 Å². The molecule has 3 rings (SSSR count). The van der Waals surface area contributed by atoms with Crippen molar-refractivity contribution in [1.29, 1.82) is 0 Å². The fourth-order valence-corrected chi connectivity index (χ4v) is 3.93. The van der Waals surface area contributed by atoms with Gasteiger partial charge < -0.3 is 5.32 Å². The summed E-state index contributed by atoms with van der Waals surface area (Å²) in [4.78, 5) is 12.2. The van der Waals surface area contributed by atoms with E-state index in [1.54, 1.807) is 37.3 Å². The predicted octanol–water partition coefficient (Wildman–Crippen LogP) is 3.52. The van der Waals surface area contributed by atoms with Gasteiger partial charge in [-0.25, -0.2) is 17.5 Å². The molecular formula is C21H21FN2O3S. The van der Waals surface area contributed by atoms with Gasteiger partial charge in [-0.15, -0.1) is 0 Å². The van der Waals surface area contributed by atoms with Crippen molar-refractivity contribution in [3.8, 4) is 0 Å². The molecule has 0 aromatic heterocycles. The lowest BCUT2D eigenvalue weighted by molar-refractivity contribution is -0.121. The molecule has 28 heavy (non-hydrogen) atoms. The number of nitrogens with one attached hydrogen (secondary N) is 2. The fourth-order valence-electron chi connectivity index (χ4n) is 2.87. The molecular weight excluding hydrogens is 379 g/mol. The third-order valence-corrected chi connectivity index (χ3v) is 5.88. The number of benzene rings is 3. The second-order valence-corrected chi connectivity index (χ2v) is 8.26. The number of amides is 1. The minimum absolute atomic E-state index is 0.00164. The average Bonchev–Trinajstić information content (AvgIpc) is 2.68. The van der Waals surface area contributed by atoms with Crippen LogP contribution in [-0.2, 0) is 14.8 Å². The third-order valence-electron chi connectivity index (χ3n) is 4.42. The minimum Gasteiger partial charge on any atom is -0.350 e. The molecule has 0 aliphatic carbocycles. The van der Waals surface area contributed by atoms with E-state index in [1.165, 1.54) is 12.1 Å². The van der Waals surface area contributed by atoms with Gasteiger partial charge in [-0.2, -0.15) is 0 Å². The maximum atomic E-state index is 13.0. The summed E-state index contributed by atoms with van der Waals surface area (Å²) >= 11 is 0. The molecule has 1 atom stereocenters. The van der Waals surface area contributed by atoms with Crippen LogP contribution >= 0.6 is 0 Å². The monoisotopic (exact) mass is 400 g/mol. The topological polar surface area (TPSA) is 75.3 Å². The van der Waals surface area contributed by atoms with Gasteiger partial charge in [-0.1, -0.05) is 42.5 Å². The number of fused-ring (bicyclic) bond motifs is 1. The molecule has 0 aliphatic rings. The quantitative estimate of drug-likeness (QED) is 0.637. The van der Waals surface area contributed by atoms with Gasteiger partial charge in [0.15, 0.2) is 0 Å². The van der Waals surface area contributed by atoms with Gasteiger partial charge in [-0.05, 0) is 47.5 Å². The van der Waals surface area contributed by atoms with Crippen LogP contribution in [0, 0.1) is 5.82 Å². The Bertz CT molecular complexity index is 1080. The second kappa shape index (κ2) is 8.50. The van der Waals surface area contributed by atoms with Crippen LogP contribution in [0.1, 0.15) is 24.9 Å². The van der Waals surface area contributed by atoms with E-state index in [1.807, 2.05) is 24.3 Å². The van der Waals surface area contributed by atoms with Crippen molar-refractivity contribution in [2.75, 3.05) is 6.54 Å². The highest BCUT2D eigenvalue weighted by Crippen LogP contribution is 2.19. The lowest BCUT2D eigenvalue weighted by Crippen LogP contribution is -2.32. The predicted molar refractivity (Wildman–Crippen MR) is 107 cm³/mol. The zero-order chi connectivity index (χ0) is 20.1. The Balaban J connectivity index is 1.55. The Hall–Kier alpha value is -2.77. The van der Waals surface area contributed by atoms with E-state index in [0.29, 0.717) is 0 Å². The molecule has 0 saturated carbocycles. The normalized spacial score (nSPS) is 12.6. The molecule has 7 heteroatoms. The van der Waals surface area contributed by atoms with E-state index in [9.17, 15) is 17.6 Å². The SMILES string of the molecule is C[C@@H](NC(=O)CCNS(=O)(=O)c1ccc2ccccc2c1)c1ccc(F)cc1. The highest BCUT2D eigenvalue weighted by molar-refractivity contribution is 7.89. The fraction of sp³-hybridized carbons (Fsp3) is 0.190. The number of sulfonamides is 1. The first-order valence-corrected chi connectivity index (χ1v) is 10.4. The first-order valence-electron chi connectivity index (χ1n) is 8.88. The smallest absolute Gasteiger partial charge is 0.240 e. The van der Waals surface area contributed by atoms with Gasteiger partial charge in [0, 0.05) is 13.0 Å². The Labute approximate surface area is 163 Å². The summed E-state index contributed by atoms with van der Waals surface area (Å²) in [6.45, 7) is 1.77. The molecule has 5 nitrogen and oxygen atoms in total. The largest absolute Gasteiger partial charge is 0.350 e. The maximum absolute atomic E-state index is 13.0. The van der Waals surface area contributed by atoms with Crippen molar-refractivity contribution in [2.45, 2.75) is 24.3 Å². The van der Waals surface area contributed by atoms with Crippen LogP contribution in [0.2, 0.25) is 0 Å². The molecule has 0 saturated heterocycles. The van der Waals surface area contributed by atoms with E-state index in [0.717, 1.165) is 16.3 Å².